The SMILES string of the molecule is CCC(CC)N(CCOC)C(CN)C(C)COC. The van der Waals surface area contributed by atoms with Gasteiger partial charge in [-0.2, -0.15) is 0 Å². The van der Waals surface area contributed by atoms with Crippen molar-refractivity contribution in [2.24, 2.45) is 11.7 Å². The summed E-state index contributed by atoms with van der Waals surface area (Å²) in [6.45, 7) is 9.82. The molecule has 0 aliphatic carbocycles. The minimum atomic E-state index is 0.366. The van der Waals surface area contributed by atoms with Crippen molar-refractivity contribution in [1.82, 2.24) is 4.90 Å². The van der Waals surface area contributed by atoms with Crippen molar-refractivity contribution in [3.8, 4) is 0 Å². The summed E-state index contributed by atoms with van der Waals surface area (Å²) in [6, 6.07) is 0.943. The van der Waals surface area contributed by atoms with E-state index < -0.39 is 0 Å². The lowest BCUT2D eigenvalue weighted by Gasteiger charge is -2.39. The number of hydrogen-bond acceptors (Lipinski definition) is 4. The van der Waals surface area contributed by atoms with E-state index in [4.69, 9.17) is 15.2 Å². The fourth-order valence-electron chi connectivity index (χ4n) is 2.64. The molecule has 18 heavy (non-hydrogen) atoms. The Morgan fingerprint density at radius 1 is 1.11 bits per heavy atom. The Hall–Kier alpha value is -0.160. The second-order valence-electron chi connectivity index (χ2n) is 4.94. The third-order valence-electron chi connectivity index (χ3n) is 3.72. The first kappa shape index (κ1) is 17.8. The van der Waals surface area contributed by atoms with Gasteiger partial charge in [0.05, 0.1) is 13.2 Å². The number of ether oxygens (including phenoxy) is 2. The normalized spacial score (nSPS) is 15.3. The molecule has 2 unspecified atom stereocenters. The van der Waals surface area contributed by atoms with Gasteiger partial charge >= 0.3 is 0 Å². The van der Waals surface area contributed by atoms with Crippen molar-refractivity contribution >= 4 is 0 Å². The molecule has 4 heteroatoms. The zero-order valence-electron chi connectivity index (χ0n) is 12.8. The van der Waals surface area contributed by atoms with Crippen molar-refractivity contribution < 1.29 is 9.47 Å². The molecule has 0 aromatic heterocycles. The van der Waals surface area contributed by atoms with Crippen LogP contribution in [-0.4, -0.2) is 57.5 Å². The molecule has 0 spiro atoms. The number of methoxy groups -OCH3 is 2. The molecule has 2 atom stereocenters. The third-order valence-corrected chi connectivity index (χ3v) is 3.72. The van der Waals surface area contributed by atoms with Crippen LogP contribution in [0.25, 0.3) is 0 Å². The maximum atomic E-state index is 5.99. The van der Waals surface area contributed by atoms with Gasteiger partial charge in [-0.15, -0.1) is 0 Å². The van der Waals surface area contributed by atoms with Crippen LogP contribution in [-0.2, 0) is 9.47 Å². The predicted molar refractivity (Wildman–Crippen MR) is 76.8 cm³/mol. The standard InChI is InChI=1S/C14H32N2O2/c1-6-13(7-2)16(8-9-17-4)14(10-15)12(3)11-18-5/h12-14H,6-11,15H2,1-5H3. The van der Waals surface area contributed by atoms with Crippen molar-refractivity contribution in [1.29, 1.82) is 0 Å². The van der Waals surface area contributed by atoms with Gasteiger partial charge in [-0.3, -0.25) is 4.90 Å². The summed E-state index contributed by atoms with van der Waals surface area (Å²) in [5, 5.41) is 0. The maximum Gasteiger partial charge on any atom is 0.0589 e. The lowest BCUT2D eigenvalue weighted by Crippen LogP contribution is -2.51. The summed E-state index contributed by atoms with van der Waals surface area (Å²) in [6.07, 6.45) is 2.30. The molecule has 0 aliphatic heterocycles. The molecule has 0 amide bonds. The highest BCUT2D eigenvalue weighted by Crippen LogP contribution is 2.18. The Morgan fingerprint density at radius 2 is 1.72 bits per heavy atom. The van der Waals surface area contributed by atoms with Gasteiger partial charge in [0.15, 0.2) is 0 Å². The molecule has 0 saturated carbocycles. The third kappa shape index (κ3) is 5.65. The van der Waals surface area contributed by atoms with E-state index in [9.17, 15) is 0 Å². The Morgan fingerprint density at radius 3 is 2.11 bits per heavy atom. The molecule has 110 valence electrons. The molecule has 2 N–H and O–H groups in total. The largest absolute Gasteiger partial charge is 0.384 e. The monoisotopic (exact) mass is 260 g/mol. The zero-order valence-corrected chi connectivity index (χ0v) is 12.8. The molecule has 0 saturated heterocycles. The first-order chi connectivity index (χ1) is 8.65. The Bertz CT molecular complexity index is 187. The second-order valence-corrected chi connectivity index (χ2v) is 4.94. The lowest BCUT2D eigenvalue weighted by atomic mass is 9.97. The smallest absolute Gasteiger partial charge is 0.0589 e. The van der Waals surface area contributed by atoms with Crippen LogP contribution in [0.3, 0.4) is 0 Å². The molecule has 0 rings (SSSR count). The molecule has 0 aromatic rings. The molecular formula is C14H32N2O2. The lowest BCUT2D eigenvalue weighted by molar-refractivity contribution is 0.0357. The van der Waals surface area contributed by atoms with Gasteiger partial charge in [0.2, 0.25) is 0 Å². The van der Waals surface area contributed by atoms with E-state index in [1.54, 1.807) is 14.2 Å². The van der Waals surface area contributed by atoms with E-state index >= 15 is 0 Å². The highest BCUT2D eigenvalue weighted by molar-refractivity contribution is 4.82. The van der Waals surface area contributed by atoms with Crippen LogP contribution in [0, 0.1) is 5.92 Å². The quantitative estimate of drug-likeness (QED) is 0.614. The summed E-state index contributed by atoms with van der Waals surface area (Å²) in [4.78, 5) is 2.51. The number of hydrogen-bond donors (Lipinski definition) is 1. The van der Waals surface area contributed by atoms with E-state index in [0.29, 0.717) is 24.5 Å². The molecule has 0 fully saturated rings. The Labute approximate surface area is 113 Å². The molecule has 0 heterocycles. The van der Waals surface area contributed by atoms with Crippen LogP contribution >= 0.6 is 0 Å². The van der Waals surface area contributed by atoms with E-state index in [1.807, 2.05) is 0 Å². The summed E-state index contributed by atoms with van der Waals surface area (Å²) in [7, 11) is 3.50. The van der Waals surface area contributed by atoms with Crippen LogP contribution in [0.5, 0.6) is 0 Å². The van der Waals surface area contributed by atoms with E-state index in [1.165, 1.54) is 0 Å². The van der Waals surface area contributed by atoms with Crippen LogP contribution in [0.15, 0.2) is 0 Å². The minimum Gasteiger partial charge on any atom is -0.384 e. The molecule has 0 aromatic carbocycles. The predicted octanol–water partition coefficient (Wildman–Crippen LogP) is 1.73. The van der Waals surface area contributed by atoms with Gasteiger partial charge in [-0.25, -0.2) is 0 Å². The number of rotatable bonds is 11. The van der Waals surface area contributed by atoms with Gasteiger partial charge < -0.3 is 15.2 Å². The van der Waals surface area contributed by atoms with Crippen LogP contribution in [0.2, 0.25) is 0 Å². The molecule has 0 bridgehead atoms. The molecular weight excluding hydrogens is 228 g/mol. The minimum absolute atomic E-state index is 0.366. The van der Waals surface area contributed by atoms with Crippen molar-refractivity contribution in [2.75, 3.05) is 40.5 Å². The second kappa shape index (κ2) is 10.7. The van der Waals surface area contributed by atoms with E-state index in [-0.39, 0.29) is 0 Å². The van der Waals surface area contributed by atoms with Crippen molar-refractivity contribution in [2.45, 2.75) is 45.7 Å². The summed E-state index contributed by atoms with van der Waals surface area (Å²) in [5.74, 6) is 0.442. The first-order valence-corrected chi connectivity index (χ1v) is 7.09. The first-order valence-electron chi connectivity index (χ1n) is 7.09. The van der Waals surface area contributed by atoms with Gasteiger partial charge in [0.25, 0.3) is 0 Å². The van der Waals surface area contributed by atoms with Crippen LogP contribution in [0.1, 0.15) is 33.6 Å². The average Bonchev–Trinajstić information content (AvgIpc) is 2.37. The molecule has 4 nitrogen and oxygen atoms in total. The van der Waals surface area contributed by atoms with Crippen LogP contribution < -0.4 is 5.73 Å². The average molecular weight is 260 g/mol. The summed E-state index contributed by atoms with van der Waals surface area (Å²) in [5.41, 5.74) is 5.99. The highest BCUT2D eigenvalue weighted by Gasteiger charge is 2.27. The van der Waals surface area contributed by atoms with Gasteiger partial charge in [-0.05, 0) is 18.8 Å². The number of nitrogens with two attached hydrogens (primary N) is 1. The Balaban J connectivity index is 4.74. The van der Waals surface area contributed by atoms with Gasteiger partial charge in [0, 0.05) is 39.4 Å². The van der Waals surface area contributed by atoms with E-state index in [0.717, 1.165) is 32.6 Å². The fourth-order valence-corrected chi connectivity index (χ4v) is 2.64. The summed E-state index contributed by atoms with van der Waals surface area (Å²) >= 11 is 0. The van der Waals surface area contributed by atoms with Gasteiger partial charge in [-0.1, -0.05) is 20.8 Å². The van der Waals surface area contributed by atoms with Crippen LogP contribution in [0.4, 0.5) is 0 Å². The molecule has 0 radical (unpaired) electrons. The fraction of sp³-hybridized carbons (Fsp3) is 1.00. The molecule has 0 aliphatic rings. The van der Waals surface area contributed by atoms with Crippen molar-refractivity contribution in [3.63, 3.8) is 0 Å². The maximum absolute atomic E-state index is 5.99. The topological polar surface area (TPSA) is 47.7 Å². The van der Waals surface area contributed by atoms with Gasteiger partial charge in [0.1, 0.15) is 0 Å². The van der Waals surface area contributed by atoms with E-state index in [2.05, 4.69) is 25.7 Å². The summed E-state index contributed by atoms with van der Waals surface area (Å²) < 4.78 is 10.5. The zero-order chi connectivity index (χ0) is 14.0. The Kier molecular flexibility index (Phi) is 10.6. The van der Waals surface area contributed by atoms with Crippen molar-refractivity contribution in [3.05, 3.63) is 0 Å². The highest BCUT2D eigenvalue weighted by atomic mass is 16.5. The number of nitrogens with zero attached hydrogens (tertiary/aromatic N) is 1.